The zero-order chi connectivity index (χ0) is 23.4. The molecular formula is C24H30BrN2O4S+. The second-order valence-electron chi connectivity index (χ2n) is 7.76. The SMILES string of the molecule is CCOC(=O)c1c(CSc2ccc(OCC)cc2)n(C)c2cc(Br)c(O)c(C[NH+](C)C)c12. The number of benzene rings is 2. The van der Waals surface area contributed by atoms with E-state index in [-0.39, 0.29) is 18.3 Å². The Kier molecular flexibility index (Phi) is 8.14. The van der Waals surface area contributed by atoms with E-state index in [2.05, 4.69) is 15.9 Å². The Hall–Kier alpha value is -2.16. The van der Waals surface area contributed by atoms with Crippen molar-refractivity contribution in [2.75, 3.05) is 27.3 Å². The number of aromatic hydroxyl groups is 1. The average molecular weight is 522 g/mol. The number of carbonyl (C=O) groups excluding carboxylic acids is 1. The highest BCUT2D eigenvalue weighted by Gasteiger charge is 2.28. The molecule has 0 atom stereocenters. The number of phenols is 1. The summed E-state index contributed by atoms with van der Waals surface area (Å²) >= 11 is 5.13. The van der Waals surface area contributed by atoms with Gasteiger partial charge in [-0.15, -0.1) is 11.8 Å². The van der Waals surface area contributed by atoms with Gasteiger partial charge >= 0.3 is 5.97 Å². The van der Waals surface area contributed by atoms with Gasteiger partial charge in [0, 0.05) is 28.8 Å². The van der Waals surface area contributed by atoms with Crippen LogP contribution in [0.25, 0.3) is 10.9 Å². The smallest absolute Gasteiger partial charge is 0.340 e. The highest BCUT2D eigenvalue weighted by molar-refractivity contribution is 9.10. The van der Waals surface area contributed by atoms with Crippen LogP contribution in [-0.2, 0) is 24.1 Å². The molecule has 0 radical (unpaired) electrons. The van der Waals surface area contributed by atoms with E-state index in [9.17, 15) is 9.90 Å². The highest BCUT2D eigenvalue weighted by atomic mass is 79.9. The lowest BCUT2D eigenvalue weighted by atomic mass is 10.0. The van der Waals surface area contributed by atoms with E-state index in [0.717, 1.165) is 37.7 Å². The lowest BCUT2D eigenvalue weighted by Gasteiger charge is -2.13. The number of ether oxygens (including phenoxy) is 2. The van der Waals surface area contributed by atoms with Crippen LogP contribution in [0.4, 0.5) is 0 Å². The monoisotopic (exact) mass is 521 g/mol. The summed E-state index contributed by atoms with van der Waals surface area (Å²) in [6.07, 6.45) is 0. The minimum atomic E-state index is -0.364. The third-order valence-corrected chi connectivity index (χ3v) is 6.79. The Balaban J connectivity index is 2.11. The van der Waals surface area contributed by atoms with E-state index in [1.54, 1.807) is 18.7 Å². The first-order chi connectivity index (χ1) is 15.3. The summed E-state index contributed by atoms with van der Waals surface area (Å²) in [6, 6.07) is 9.81. The molecule has 0 unspecified atom stereocenters. The third-order valence-electron chi connectivity index (χ3n) is 5.16. The summed E-state index contributed by atoms with van der Waals surface area (Å²) < 4.78 is 13.6. The van der Waals surface area contributed by atoms with Gasteiger partial charge < -0.3 is 24.0 Å². The Labute approximate surface area is 201 Å². The molecule has 8 heteroatoms. The number of rotatable bonds is 9. The topological polar surface area (TPSA) is 65.1 Å². The molecule has 0 saturated carbocycles. The van der Waals surface area contributed by atoms with Gasteiger partial charge in [0.05, 0.1) is 48.4 Å². The molecule has 6 nitrogen and oxygen atoms in total. The van der Waals surface area contributed by atoms with Gasteiger partial charge in [-0.3, -0.25) is 0 Å². The van der Waals surface area contributed by atoms with Gasteiger partial charge in [0.1, 0.15) is 18.0 Å². The van der Waals surface area contributed by atoms with E-state index in [1.807, 2.05) is 63.0 Å². The van der Waals surface area contributed by atoms with Crippen LogP contribution in [0.5, 0.6) is 11.5 Å². The van der Waals surface area contributed by atoms with Gasteiger partial charge in [-0.25, -0.2) is 4.79 Å². The molecule has 0 amide bonds. The average Bonchev–Trinajstić information content (AvgIpc) is 3.02. The summed E-state index contributed by atoms with van der Waals surface area (Å²) in [5.41, 5.74) is 3.02. The molecule has 1 aromatic heterocycles. The van der Waals surface area contributed by atoms with Gasteiger partial charge in [0.15, 0.2) is 0 Å². The zero-order valence-corrected chi connectivity index (χ0v) is 21.5. The minimum Gasteiger partial charge on any atom is -0.506 e. The summed E-state index contributed by atoms with van der Waals surface area (Å²) in [7, 11) is 5.98. The molecule has 2 N–H and O–H groups in total. The van der Waals surface area contributed by atoms with Crippen LogP contribution < -0.4 is 9.64 Å². The van der Waals surface area contributed by atoms with Crippen LogP contribution in [0, 0.1) is 0 Å². The fourth-order valence-corrected chi connectivity index (χ4v) is 5.17. The normalized spacial score (nSPS) is 11.3. The lowest BCUT2D eigenvalue weighted by molar-refractivity contribution is -0.872. The van der Waals surface area contributed by atoms with Crippen molar-refractivity contribution in [1.29, 1.82) is 0 Å². The number of thioether (sulfide) groups is 1. The molecule has 3 aromatic rings. The molecule has 0 bridgehead atoms. The summed E-state index contributed by atoms with van der Waals surface area (Å²) in [4.78, 5) is 15.3. The van der Waals surface area contributed by atoms with Crippen molar-refractivity contribution in [2.24, 2.45) is 7.05 Å². The Morgan fingerprint density at radius 2 is 1.88 bits per heavy atom. The van der Waals surface area contributed by atoms with E-state index in [4.69, 9.17) is 9.47 Å². The van der Waals surface area contributed by atoms with Gasteiger partial charge in [-0.05, 0) is 60.1 Å². The number of hydrogen-bond acceptors (Lipinski definition) is 5. The third kappa shape index (κ3) is 5.08. The van der Waals surface area contributed by atoms with E-state index in [0.29, 0.717) is 28.9 Å². The quantitative estimate of drug-likeness (QED) is 0.327. The first-order valence-electron chi connectivity index (χ1n) is 10.6. The highest BCUT2D eigenvalue weighted by Crippen LogP contribution is 2.40. The van der Waals surface area contributed by atoms with Crippen molar-refractivity contribution in [3.63, 3.8) is 0 Å². The van der Waals surface area contributed by atoms with Crippen LogP contribution in [0.15, 0.2) is 39.7 Å². The van der Waals surface area contributed by atoms with Crippen molar-refractivity contribution < 1.29 is 24.3 Å². The first-order valence-corrected chi connectivity index (χ1v) is 12.4. The second kappa shape index (κ2) is 10.6. The molecule has 0 spiro atoms. The second-order valence-corrected chi connectivity index (χ2v) is 9.66. The number of quaternary nitrogens is 1. The molecule has 0 fully saturated rings. The number of aromatic nitrogens is 1. The van der Waals surface area contributed by atoms with Crippen LogP contribution in [0.1, 0.15) is 35.5 Å². The van der Waals surface area contributed by atoms with Gasteiger partial charge in [0.2, 0.25) is 0 Å². The number of hydrogen-bond donors (Lipinski definition) is 2. The number of phenolic OH excluding ortho intramolecular Hbond substituents is 1. The van der Waals surface area contributed by atoms with Crippen molar-refractivity contribution in [3.8, 4) is 11.5 Å². The molecule has 32 heavy (non-hydrogen) atoms. The summed E-state index contributed by atoms with van der Waals surface area (Å²) in [5.74, 6) is 1.22. The van der Waals surface area contributed by atoms with E-state index >= 15 is 0 Å². The van der Waals surface area contributed by atoms with Crippen molar-refractivity contribution >= 4 is 44.6 Å². The molecule has 1 heterocycles. The molecule has 172 valence electrons. The molecule has 0 aliphatic heterocycles. The molecular weight excluding hydrogens is 492 g/mol. The zero-order valence-electron chi connectivity index (χ0n) is 19.1. The maximum Gasteiger partial charge on any atom is 0.340 e. The lowest BCUT2D eigenvalue weighted by Crippen LogP contribution is -3.04. The largest absolute Gasteiger partial charge is 0.506 e. The molecule has 0 aliphatic rings. The van der Waals surface area contributed by atoms with Gasteiger partial charge in [-0.2, -0.15) is 0 Å². The van der Waals surface area contributed by atoms with E-state index < -0.39 is 0 Å². The maximum absolute atomic E-state index is 13.1. The predicted octanol–water partition coefficient (Wildman–Crippen LogP) is 4.16. The minimum absolute atomic E-state index is 0.167. The molecule has 2 aromatic carbocycles. The van der Waals surface area contributed by atoms with Gasteiger partial charge in [0.25, 0.3) is 0 Å². The van der Waals surface area contributed by atoms with E-state index in [1.165, 1.54) is 0 Å². The van der Waals surface area contributed by atoms with Crippen LogP contribution >= 0.6 is 27.7 Å². The number of esters is 1. The standard InChI is InChI=1S/C24H29BrN2O4S/c1-6-30-15-8-10-16(11-9-15)32-14-20-22(24(29)31-7-2)21-17(13-26(3)4)23(28)18(25)12-19(21)27(20)5/h8-12,28H,6-7,13-14H2,1-5H3/p+1. The number of halogens is 1. The number of nitrogens with one attached hydrogen (secondary N) is 1. The Morgan fingerprint density at radius 3 is 2.47 bits per heavy atom. The van der Waals surface area contributed by atoms with Crippen molar-refractivity contribution in [1.82, 2.24) is 4.57 Å². The van der Waals surface area contributed by atoms with Crippen LogP contribution in [0.2, 0.25) is 0 Å². The first kappa shape index (κ1) is 24.5. The number of fused-ring (bicyclic) bond motifs is 1. The summed E-state index contributed by atoms with van der Waals surface area (Å²) in [5, 5.41) is 11.6. The Morgan fingerprint density at radius 1 is 1.19 bits per heavy atom. The van der Waals surface area contributed by atoms with Crippen LogP contribution in [0.3, 0.4) is 0 Å². The van der Waals surface area contributed by atoms with Crippen molar-refractivity contribution in [3.05, 3.63) is 51.6 Å². The number of aryl methyl sites for hydroxylation is 1. The van der Waals surface area contributed by atoms with Crippen molar-refractivity contribution in [2.45, 2.75) is 31.0 Å². The predicted molar refractivity (Wildman–Crippen MR) is 132 cm³/mol. The fourth-order valence-electron chi connectivity index (χ4n) is 3.75. The van der Waals surface area contributed by atoms with Gasteiger partial charge in [-0.1, -0.05) is 0 Å². The number of carbonyl (C=O) groups is 1. The fraction of sp³-hybridized carbons (Fsp3) is 0.375. The number of nitrogens with zero attached hydrogens (tertiary/aromatic N) is 1. The van der Waals surface area contributed by atoms with Crippen LogP contribution in [-0.4, -0.2) is 43.0 Å². The summed E-state index contributed by atoms with van der Waals surface area (Å²) in [6.45, 7) is 5.25. The maximum atomic E-state index is 13.1. The molecule has 3 rings (SSSR count). The molecule has 0 saturated heterocycles. The molecule has 0 aliphatic carbocycles. The Bertz CT molecular complexity index is 1110.